The fourth-order valence-corrected chi connectivity index (χ4v) is 7.80. The molecule has 1 fully saturated rings. The van der Waals surface area contributed by atoms with Crippen molar-refractivity contribution in [2.24, 2.45) is 5.92 Å². The number of hydrogen-bond donors (Lipinski definition) is 2. The lowest BCUT2D eigenvalue weighted by Gasteiger charge is -2.40. The molecule has 4 atom stereocenters. The van der Waals surface area contributed by atoms with Gasteiger partial charge >= 0.3 is 18.0 Å². The van der Waals surface area contributed by atoms with Gasteiger partial charge in [-0.25, -0.2) is 9.59 Å². The average Bonchev–Trinajstić information content (AvgIpc) is 3.27. The molecule has 4 amide bonds. The van der Waals surface area contributed by atoms with Crippen LogP contribution in [0.15, 0.2) is 91.1 Å². The molecule has 5 rings (SSSR count). The summed E-state index contributed by atoms with van der Waals surface area (Å²) in [5, 5.41) is 6.29. The van der Waals surface area contributed by atoms with Crippen LogP contribution >= 0.6 is 0 Å². The highest BCUT2D eigenvalue weighted by Crippen LogP contribution is 2.28. The number of likely N-dealkylation sites (tertiary alicyclic amines) is 1. The Kier molecular flexibility index (Phi) is 17.9. The minimum atomic E-state index is -1.43. The zero-order chi connectivity index (χ0) is 48.9. The van der Waals surface area contributed by atoms with Crippen LogP contribution in [0, 0.1) is 5.92 Å². The predicted octanol–water partition coefficient (Wildman–Crippen LogP) is 7.58. The zero-order valence-electron chi connectivity index (χ0n) is 40.3. The molecule has 15 nitrogen and oxygen atoms in total. The molecule has 1 saturated heterocycles. The smallest absolute Gasteiger partial charge is 0.410 e. The van der Waals surface area contributed by atoms with Crippen molar-refractivity contribution in [2.75, 3.05) is 20.2 Å². The summed E-state index contributed by atoms with van der Waals surface area (Å²) in [5.41, 5.74) is 0.517. The molecule has 0 spiro atoms. The molecule has 1 aliphatic rings. The van der Waals surface area contributed by atoms with Gasteiger partial charge in [-0.1, -0.05) is 92.7 Å². The first-order chi connectivity index (χ1) is 31.7. The second kappa shape index (κ2) is 23.3. The van der Waals surface area contributed by atoms with E-state index in [9.17, 15) is 28.8 Å². The Labute approximate surface area is 394 Å². The first kappa shape index (κ1) is 51.5. The molecule has 1 aliphatic heterocycles. The maximum atomic E-state index is 14.5. The summed E-state index contributed by atoms with van der Waals surface area (Å²) in [6.45, 7) is 14.5. The van der Waals surface area contributed by atoms with Crippen molar-refractivity contribution in [1.29, 1.82) is 0 Å². The van der Waals surface area contributed by atoms with Crippen LogP contribution < -0.4 is 15.4 Å². The van der Waals surface area contributed by atoms with E-state index in [1.165, 1.54) is 11.1 Å². The van der Waals surface area contributed by atoms with E-state index in [-0.39, 0.29) is 42.3 Å². The van der Waals surface area contributed by atoms with Crippen LogP contribution in [0.1, 0.15) is 109 Å². The Morgan fingerprint density at radius 2 is 1.43 bits per heavy atom. The molecule has 1 aromatic heterocycles. The van der Waals surface area contributed by atoms with Crippen LogP contribution in [0.5, 0.6) is 5.75 Å². The van der Waals surface area contributed by atoms with E-state index in [2.05, 4.69) is 15.6 Å². The fraction of sp³-hybridized carbons (Fsp3) is 0.481. The molecule has 3 aromatic carbocycles. The van der Waals surface area contributed by atoms with Crippen molar-refractivity contribution >= 4 is 46.7 Å². The topological polar surface area (TPSA) is 183 Å². The molecular formula is C52H67N5O10. The number of carbonyl (C=O) groups excluding carboxylic acids is 6. The van der Waals surface area contributed by atoms with Crippen molar-refractivity contribution in [3.63, 3.8) is 0 Å². The lowest BCUT2D eigenvalue weighted by molar-refractivity contribution is -0.160. The number of nitrogens with zero attached hydrogens (tertiary/aromatic N) is 3. The standard InChI is InChI=1S/C52H67N5O10/c1-34(2)28-42(56(9)50(63)67-52(6,7)8)48(61)57-27-19-18-26-41(57)46(59)54-37(29-35-20-12-10-13-21-35)33-64-43-31-53-39-25-17-16-24-38(39)45(43)47(60)55-40(30-44(58)66-51(3,4)5)49(62)65-32-36-22-14-11-15-23-36/h10-17,20-25,31,34,37,40-42H,18-19,26-30,32-33H2,1-9H3,(H,54,59)(H,55,60)/t37-,40+,41-,42+/m1/s1. The van der Waals surface area contributed by atoms with E-state index in [0.717, 1.165) is 11.1 Å². The largest absolute Gasteiger partial charge is 0.489 e. The quantitative estimate of drug-likeness (QED) is 0.0742. The zero-order valence-corrected chi connectivity index (χ0v) is 40.3. The van der Waals surface area contributed by atoms with Gasteiger partial charge in [0, 0.05) is 19.0 Å². The summed E-state index contributed by atoms with van der Waals surface area (Å²) < 4.78 is 23.2. The molecular weight excluding hydrogens is 855 g/mol. The first-order valence-corrected chi connectivity index (χ1v) is 23.0. The van der Waals surface area contributed by atoms with Gasteiger partial charge in [-0.05, 0) is 96.8 Å². The van der Waals surface area contributed by atoms with E-state index in [0.29, 0.717) is 49.6 Å². The van der Waals surface area contributed by atoms with Crippen molar-refractivity contribution in [3.05, 3.63) is 108 Å². The number of benzene rings is 3. The maximum Gasteiger partial charge on any atom is 0.410 e. The highest BCUT2D eigenvalue weighted by Gasteiger charge is 2.40. The normalized spacial score (nSPS) is 15.4. The van der Waals surface area contributed by atoms with Gasteiger partial charge in [-0.3, -0.25) is 29.1 Å². The molecule has 0 unspecified atom stereocenters. The van der Waals surface area contributed by atoms with Gasteiger partial charge in [-0.2, -0.15) is 0 Å². The number of esters is 2. The van der Waals surface area contributed by atoms with Crippen molar-refractivity contribution in [3.8, 4) is 5.75 Å². The number of para-hydroxylation sites is 1. The number of piperidine rings is 1. The third kappa shape index (κ3) is 15.5. The van der Waals surface area contributed by atoms with E-state index in [1.807, 2.05) is 50.2 Å². The van der Waals surface area contributed by atoms with Gasteiger partial charge in [0.25, 0.3) is 5.91 Å². The number of pyridine rings is 1. The summed E-state index contributed by atoms with van der Waals surface area (Å²) >= 11 is 0. The second-order valence-corrected chi connectivity index (χ2v) is 19.4. The minimum Gasteiger partial charge on any atom is -0.489 e. The van der Waals surface area contributed by atoms with Crippen molar-refractivity contribution < 1.29 is 47.7 Å². The molecule has 2 N–H and O–H groups in total. The molecule has 15 heteroatoms. The number of likely N-dealkylation sites (N-methyl/N-ethyl adjacent to an activating group) is 1. The van der Waals surface area contributed by atoms with Crippen LogP contribution in [0.4, 0.5) is 4.79 Å². The van der Waals surface area contributed by atoms with Gasteiger partial charge in [0.1, 0.15) is 42.5 Å². The minimum absolute atomic E-state index is 0.0507. The number of nitrogens with one attached hydrogen (secondary N) is 2. The lowest BCUT2D eigenvalue weighted by Crippen LogP contribution is -2.59. The molecule has 2 heterocycles. The summed E-state index contributed by atoms with van der Waals surface area (Å²) in [7, 11) is 1.56. The molecule has 0 radical (unpaired) electrons. The highest BCUT2D eigenvalue weighted by molar-refractivity contribution is 6.09. The number of amides is 4. The molecule has 0 saturated carbocycles. The Morgan fingerprint density at radius 3 is 2.07 bits per heavy atom. The van der Waals surface area contributed by atoms with Gasteiger partial charge in [0.2, 0.25) is 11.8 Å². The number of carbonyl (C=O) groups is 6. The number of aromatic nitrogens is 1. The van der Waals surface area contributed by atoms with Crippen LogP contribution in [-0.4, -0.2) is 106 Å². The van der Waals surface area contributed by atoms with E-state index < -0.39 is 65.7 Å². The third-order valence-corrected chi connectivity index (χ3v) is 10.9. The summed E-state index contributed by atoms with van der Waals surface area (Å²) in [4.78, 5) is 91.0. The predicted molar refractivity (Wildman–Crippen MR) is 254 cm³/mol. The van der Waals surface area contributed by atoms with Crippen LogP contribution in [-0.2, 0) is 46.4 Å². The van der Waals surface area contributed by atoms with Gasteiger partial charge in [-0.15, -0.1) is 0 Å². The Bertz CT molecular complexity index is 2330. The van der Waals surface area contributed by atoms with Gasteiger partial charge in [0.05, 0.1) is 29.7 Å². The molecule has 67 heavy (non-hydrogen) atoms. The monoisotopic (exact) mass is 921 g/mol. The summed E-state index contributed by atoms with van der Waals surface area (Å²) in [6, 6.07) is 21.7. The van der Waals surface area contributed by atoms with Gasteiger partial charge < -0.3 is 34.5 Å². The SMILES string of the molecule is CC(C)C[C@@H](C(=O)N1CCCC[C@@H]1C(=O)N[C@@H](COc1cnc2ccccc2c1C(=O)N[C@@H](CC(=O)OC(C)(C)C)C(=O)OCc1ccccc1)Cc1ccccc1)N(C)C(=O)OC(C)(C)C. The highest BCUT2D eigenvalue weighted by atomic mass is 16.6. The van der Waals surface area contributed by atoms with Crippen LogP contribution in [0.3, 0.4) is 0 Å². The fourth-order valence-electron chi connectivity index (χ4n) is 7.80. The Hall–Kier alpha value is -6.51. The van der Waals surface area contributed by atoms with Crippen LogP contribution in [0.2, 0.25) is 0 Å². The number of fused-ring (bicyclic) bond motifs is 1. The first-order valence-electron chi connectivity index (χ1n) is 23.0. The Morgan fingerprint density at radius 1 is 0.806 bits per heavy atom. The Balaban J connectivity index is 1.42. The van der Waals surface area contributed by atoms with Crippen LogP contribution in [0.25, 0.3) is 10.9 Å². The molecule has 4 aromatic rings. The number of hydrogen-bond acceptors (Lipinski definition) is 11. The van der Waals surface area contributed by atoms with E-state index >= 15 is 0 Å². The third-order valence-electron chi connectivity index (χ3n) is 10.9. The maximum absolute atomic E-state index is 14.5. The van der Waals surface area contributed by atoms with Gasteiger partial charge in [0.15, 0.2) is 5.75 Å². The van der Waals surface area contributed by atoms with E-state index in [4.69, 9.17) is 18.9 Å². The summed E-state index contributed by atoms with van der Waals surface area (Å²) in [5.74, 6) is -2.87. The second-order valence-electron chi connectivity index (χ2n) is 19.4. The number of ether oxygens (including phenoxy) is 4. The number of rotatable bonds is 18. The molecule has 360 valence electrons. The van der Waals surface area contributed by atoms with Crippen molar-refractivity contribution in [1.82, 2.24) is 25.4 Å². The average molecular weight is 922 g/mol. The summed E-state index contributed by atoms with van der Waals surface area (Å²) in [6.07, 6.45) is 2.81. The lowest BCUT2D eigenvalue weighted by atomic mass is 9.96. The molecule has 0 bridgehead atoms. The molecule has 0 aliphatic carbocycles. The van der Waals surface area contributed by atoms with E-state index in [1.54, 1.807) is 102 Å². The van der Waals surface area contributed by atoms with Crippen molar-refractivity contribution in [2.45, 2.75) is 136 Å².